The molecule has 6 heteroatoms. The van der Waals surface area contributed by atoms with Crippen molar-refractivity contribution in [3.8, 4) is 0 Å². The minimum Gasteiger partial charge on any atom is -0.356 e. The number of aryl methyl sites for hydroxylation is 1. The summed E-state index contributed by atoms with van der Waals surface area (Å²) in [6.45, 7) is 13.3. The fraction of sp³-hybridized carbons (Fsp3) is 0.667. The predicted octanol–water partition coefficient (Wildman–Crippen LogP) is 1.75. The summed E-state index contributed by atoms with van der Waals surface area (Å²) >= 11 is 0. The summed E-state index contributed by atoms with van der Waals surface area (Å²) in [5, 5.41) is 14.7. The van der Waals surface area contributed by atoms with E-state index < -0.39 is 0 Å². The van der Waals surface area contributed by atoms with Gasteiger partial charge in [-0.2, -0.15) is 0 Å². The molecule has 118 valence electrons. The van der Waals surface area contributed by atoms with E-state index in [0.29, 0.717) is 6.54 Å². The van der Waals surface area contributed by atoms with Crippen LogP contribution in [0.1, 0.15) is 39.4 Å². The molecule has 0 atom stereocenters. The first-order valence-electron chi connectivity index (χ1n) is 7.70. The summed E-state index contributed by atoms with van der Waals surface area (Å²) in [7, 11) is 0. The van der Waals surface area contributed by atoms with E-state index in [1.54, 1.807) is 6.33 Å². The third kappa shape index (κ3) is 6.92. The van der Waals surface area contributed by atoms with Crippen LogP contribution in [-0.2, 0) is 13.0 Å². The molecule has 0 aliphatic rings. The lowest BCUT2D eigenvalue weighted by molar-refractivity contribution is 0.629. The van der Waals surface area contributed by atoms with Gasteiger partial charge in [-0.15, -0.1) is 10.2 Å². The normalized spacial score (nSPS) is 11.5. The molecule has 0 unspecified atom stereocenters. The molecule has 1 aromatic heterocycles. The van der Waals surface area contributed by atoms with Gasteiger partial charge in [-0.25, -0.2) is 4.99 Å². The molecule has 1 aromatic rings. The number of rotatable bonds is 9. The molecule has 0 aromatic carbocycles. The maximum absolute atomic E-state index is 4.51. The minimum atomic E-state index is 0.647. The van der Waals surface area contributed by atoms with Crippen molar-refractivity contribution in [3.63, 3.8) is 0 Å². The van der Waals surface area contributed by atoms with Crippen molar-refractivity contribution in [1.29, 1.82) is 0 Å². The summed E-state index contributed by atoms with van der Waals surface area (Å²) < 4.78 is 2.06. The van der Waals surface area contributed by atoms with Gasteiger partial charge >= 0.3 is 0 Å². The molecule has 0 bridgehead atoms. The summed E-state index contributed by atoms with van der Waals surface area (Å²) in [6, 6.07) is 0. The van der Waals surface area contributed by atoms with Gasteiger partial charge in [0.15, 0.2) is 5.96 Å². The van der Waals surface area contributed by atoms with Crippen LogP contribution < -0.4 is 10.6 Å². The van der Waals surface area contributed by atoms with E-state index in [1.807, 2.05) is 6.92 Å². The fourth-order valence-corrected chi connectivity index (χ4v) is 1.81. The molecule has 2 N–H and O–H groups in total. The second-order valence-electron chi connectivity index (χ2n) is 5.12. The highest BCUT2D eigenvalue weighted by Crippen LogP contribution is 1.95. The lowest BCUT2D eigenvalue weighted by Crippen LogP contribution is -2.39. The third-order valence-electron chi connectivity index (χ3n) is 2.99. The fourth-order valence-electron chi connectivity index (χ4n) is 1.81. The van der Waals surface area contributed by atoms with Crippen molar-refractivity contribution in [2.45, 2.75) is 46.6 Å². The largest absolute Gasteiger partial charge is 0.356 e. The Morgan fingerprint density at radius 3 is 2.76 bits per heavy atom. The van der Waals surface area contributed by atoms with E-state index in [0.717, 1.165) is 49.8 Å². The predicted molar refractivity (Wildman–Crippen MR) is 87.4 cm³/mol. The van der Waals surface area contributed by atoms with Crippen LogP contribution in [0.4, 0.5) is 0 Å². The molecule has 0 radical (unpaired) electrons. The van der Waals surface area contributed by atoms with Gasteiger partial charge < -0.3 is 15.2 Å². The van der Waals surface area contributed by atoms with E-state index in [-0.39, 0.29) is 0 Å². The molecule has 0 aliphatic heterocycles. The van der Waals surface area contributed by atoms with Crippen molar-refractivity contribution in [1.82, 2.24) is 25.4 Å². The second-order valence-corrected chi connectivity index (χ2v) is 5.12. The topological polar surface area (TPSA) is 67.1 Å². The highest BCUT2D eigenvalue weighted by atomic mass is 15.3. The summed E-state index contributed by atoms with van der Waals surface area (Å²) in [5.74, 6) is 1.86. The summed E-state index contributed by atoms with van der Waals surface area (Å²) in [5.41, 5.74) is 1.05. The first kappa shape index (κ1) is 17.2. The van der Waals surface area contributed by atoms with Crippen LogP contribution in [0.2, 0.25) is 0 Å². The van der Waals surface area contributed by atoms with Crippen LogP contribution in [0.3, 0.4) is 0 Å². The molecule has 21 heavy (non-hydrogen) atoms. The smallest absolute Gasteiger partial charge is 0.191 e. The number of aliphatic imine (C=N–C) groups is 1. The zero-order valence-electron chi connectivity index (χ0n) is 13.5. The summed E-state index contributed by atoms with van der Waals surface area (Å²) in [6.07, 6.45) is 4.97. The Hall–Kier alpha value is -1.85. The summed E-state index contributed by atoms with van der Waals surface area (Å²) in [4.78, 5) is 4.51. The number of nitrogens with one attached hydrogen (secondary N) is 2. The number of aromatic nitrogens is 3. The minimum absolute atomic E-state index is 0.647. The molecular weight excluding hydrogens is 264 g/mol. The van der Waals surface area contributed by atoms with Crippen LogP contribution in [-0.4, -0.2) is 40.4 Å². The van der Waals surface area contributed by atoms with Crippen LogP contribution in [0.5, 0.6) is 0 Å². The van der Waals surface area contributed by atoms with Crippen molar-refractivity contribution >= 4 is 5.96 Å². The molecule has 0 aliphatic carbocycles. The van der Waals surface area contributed by atoms with E-state index in [4.69, 9.17) is 0 Å². The Morgan fingerprint density at radius 2 is 2.10 bits per heavy atom. The van der Waals surface area contributed by atoms with Gasteiger partial charge in [0.05, 0.1) is 6.54 Å². The molecule has 6 nitrogen and oxygen atoms in total. The molecule has 1 heterocycles. The van der Waals surface area contributed by atoms with Gasteiger partial charge in [-0.1, -0.05) is 32.4 Å². The van der Waals surface area contributed by atoms with Gasteiger partial charge in [0.1, 0.15) is 12.2 Å². The number of guanidine groups is 1. The Balaban J connectivity index is 2.44. The SMILES string of the molecule is C=C(C)CN=C(NCCCC)NCCn1cnnc1CC. The zero-order chi connectivity index (χ0) is 15.5. The van der Waals surface area contributed by atoms with Crippen LogP contribution in [0.25, 0.3) is 0 Å². The van der Waals surface area contributed by atoms with E-state index >= 15 is 0 Å². The Labute approximate surface area is 127 Å². The lowest BCUT2D eigenvalue weighted by atomic mass is 10.3. The van der Waals surface area contributed by atoms with Crippen LogP contribution in [0.15, 0.2) is 23.5 Å². The Bertz CT molecular complexity index is 449. The molecule has 0 fully saturated rings. The maximum Gasteiger partial charge on any atom is 0.191 e. The second kappa shape index (κ2) is 9.96. The number of nitrogens with zero attached hydrogens (tertiary/aromatic N) is 4. The van der Waals surface area contributed by atoms with Crippen molar-refractivity contribution in [3.05, 3.63) is 24.3 Å². The van der Waals surface area contributed by atoms with E-state index in [2.05, 4.69) is 50.8 Å². The average molecular weight is 292 g/mol. The number of unbranched alkanes of at least 4 members (excludes halogenated alkanes) is 1. The number of hydrogen-bond donors (Lipinski definition) is 2. The standard InChI is InChI=1S/C15H28N6/c1-5-7-8-16-15(18-11-13(3)4)17-9-10-21-12-19-20-14(21)6-2/h12H,3,5-11H2,1-2,4H3,(H2,16,17,18). The highest BCUT2D eigenvalue weighted by molar-refractivity contribution is 5.79. The molecule has 0 spiro atoms. The average Bonchev–Trinajstić information content (AvgIpc) is 2.91. The highest BCUT2D eigenvalue weighted by Gasteiger charge is 2.02. The quantitative estimate of drug-likeness (QED) is 0.315. The Morgan fingerprint density at radius 1 is 1.33 bits per heavy atom. The van der Waals surface area contributed by atoms with Gasteiger partial charge in [0.25, 0.3) is 0 Å². The van der Waals surface area contributed by atoms with Crippen LogP contribution in [0, 0.1) is 0 Å². The zero-order valence-corrected chi connectivity index (χ0v) is 13.5. The van der Waals surface area contributed by atoms with Gasteiger partial charge in [0.2, 0.25) is 0 Å². The maximum atomic E-state index is 4.51. The molecule has 0 saturated heterocycles. The van der Waals surface area contributed by atoms with Crippen molar-refractivity contribution in [2.75, 3.05) is 19.6 Å². The van der Waals surface area contributed by atoms with E-state index in [1.165, 1.54) is 6.42 Å². The Kier molecular flexibility index (Phi) is 8.16. The molecule has 0 saturated carbocycles. The molecule has 0 amide bonds. The van der Waals surface area contributed by atoms with Crippen molar-refractivity contribution < 1.29 is 0 Å². The monoisotopic (exact) mass is 292 g/mol. The van der Waals surface area contributed by atoms with Gasteiger partial charge in [-0.3, -0.25) is 0 Å². The van der Waals surface area contributed by atoms with Gasteiger partial charge in [0, 0.05) is 26.1 Å². The first-order chi connectivity index (χ1) is 10.2. The molecular formula is C15H28N6. The van der Waals surface area contributed by atoms with Crippen LogP contribution >= 0.6 is 0 Å². The van der Waals surface area contributed by atoms with Gasteiger partial charge in [-0.05, 0) is 13.3 Å². The lowest BCUT2D eigenvalue weighted by Gasteiger charge is -2.13. The molecule has 1 rings (SSSR count). The number of hydrogen-bond acceptors (Lipinski definition) is 3. The van der Waals surface area contributed by atoms with E-state index in [9.17, 15) is 0 Å². The first-order valence-corrected chi connectivity index (χ1v) is 7.70. The third-order valence-corrected chi connectivity index (χ3v) is 2.99. The van der Waals surface area contributed by atoms with Crippen molar-refractivity contribution in [2.24, 2.45) is 4.99 Å².